The van der Waals surface area contributed by atoms with Crippen LogP contribution < -0.4 is 10.0 Å². The van der Waals surface area contributed by atoms with Crippen LogP contribution in [0, 0.1) is 11.7 Å². The highest BCUT2D eigenvalue weighted by atomic mass is 32.2. The molecule has 5 heterocycles. The van der Waals surface area contributed by atoms with Crippen molar-refractivity contribution in [2.45, 2.75) is 45.1 Å². The highest BCUT2D eigenvalue weighted by molar-refractivity contribution is 7.88. The molecule has 0 unspecified atom stereocenters. The largest absolute Gasteiger partial charge is 0.352 e. The molecule has 1 saturated carbocycles. The topological polar surface area (TPSA) is 158 Å². The van der Waals surface area contributed by atoms with Gasteiger partial charge in [-0.3, -0.25) is 19.9 Å². The zero-order valence-electron chi connectivity index (χ0n) is 25.7. The quantitative estimate of drug-likeness (QED) is 0.142. The van der Waals surface area contributed by atoms with E-state index >= 15 is 0 Å². The zero-order valence-corrected chi connectivity index (χ0v) is 26.5. The number of hydrogen-bond donors (Lipinski definition) is 4. The average Bonchev–Trinajstić information content (AvgIpc) is 3.68. The number of carbonyl (C=O) groups excluding carboxylic acids is 1. The highest BCUT2D eigenvalue weighted by Crippen LogP contribution is 2.34. The number of aromatic nitrogens is 6. The SMILES string of the molecule is CS(=O)(=O)NCc1cc(F)cc(-c2cncc3[nH]c(-c4n[nH]c5ccc(-c6cncc(NC(=O)CC7CCCCC7)c6)nc45)cc23)c1. The lowest BCUT2D eigenvalue weighted by atomic mass is 9.87. The molecule has 0 saturated heterocycles. The van der Waals surface area contributed by atoms with Gasteiger partial charge in [0, 0.05) is 41.9 Å². The minimum Gasteiger partial charge on any atom is -0.352 e. The summed E-state index contributed by atoms with van der Waals surface area (Å²) in [5.41, 5.74) is 7.12. The Labute approximate surface area is 270 Å². The van der Waals surface area contributed by atoms with E-state index in [1.807, 2.05) is 24.3 Å². The summed E-state index contributed by atoms with van der Waals surface area (Å²) in [5, 5.41) is 11.4. The minimum atomic E-state index is -3.45. The van der Waals surface area contributed by atoms with Crippen molar-refractivity contribution in [3.8, 4) is 33.8 Å². The van der Waals surface area contributed by atoms with E-state index in [1.54, 1.807) is 30.9 Å². The van der Waals surface area contributed by atoms with E-state index in [0.717, 1.165) is 35.6 Å². The van der Waals surface area contributed by atoms with Crippen molar-refractivity contribution in [1.29, 1.82) is 0 Å². The number of halogens is 1. The third-order valence-electron chi connectivity index (χ3n) is 8.53. The maximum Gasteiger partial charge on any atom is 0.224 e. The predicted molar refractivity (Wildman–Crippen MR) is 179 cm³/mol. The summed E-state index contributed by atoms with van der Waals surface area (Å²) < 4.78 is 40.2. The molecule has 4 N–H and O–H groups in total. The van der Waals surface area contributed by atoms with Crippen molar-refractivity contribution < 1.29 is 17.6 Å². The summed E-state index contributed by atoms with van der Waals surface area (Å²) in [6, 6.07) is 12.0. The fourth-order valence-electron chi connectivity index (χ4n) is 6.29. The van der Waals surface area contributed by atoms with Crippen LogP contribution in [0.15, 0.2) is 67.3 Å². The van der Waals surface area contributed by atoms with Crippen LogP contribution in [-0.4, -0.2) is 50.7 Å². The third-order valence-corrected chi connectivity index (χ3v) is 9.20. The van der Waals surface area contributed by atoms with Crippen LogP contribution in [0.4, 0.5) is 10.1 Å². The lowest BCUT2D eigenvalue weighted by molar-refractivity contribution is -0.117. The van der Waals surface area contributed by atoms with Gasteiger partial charge in [0.15, 0.2) is 0 Å². The van der Waals surface area contributed by atoms with Gasteiger partial charge in [-0.1, -0.05) is 19.3 Å². The summed E-state index contributed by atoms with van der Waals surface area (Å²) in [6.07, 6.45) is 14.1. The molecule has 1 aliphatic rings. The fraction of sp³-hybridized carbons (Fsp3) is 0.265. The number of rotatable bonds is 9. The molecular weight excluding hydrogens is 619 g/mol. The Balaban J connectivity index is 1.18. The lowest BCUT2D eigenvalue weighted by Gasteiger charge is -2.20. The van der Waals surface area contributed by atoms with Gasteiger partial charge < -0.3 is 10.3 Å². The van der Waals surface area contributed by atoms with Gasteiger partial charge in [0.1, 0.15) is 17.0 Å². The van der Waals surface area contributed by atoms with Crippen molar-refractivity contribution in [2.24, 2.45) is 5.92 Å². The number of H-pyrrole nitrogens is 2. The van der Waals surface area contributed by atoms with E-state index in [1.165, 1.54) is 31.4 Å². The Kier molecular flexibility index (Phi) is 8.24. The second-order valence-electron chi connectivity index (χ2n) is 12.2. The maximum atomic E-state index is 14.6. The van der Waals surface area contributed by atoms with Gasteiger partial charge in [-0.25, -0.2) is 22.5 Å². The molecule has 0 radical (unpaired) electrons. The van der Waals surface area contributed by atoms with Gasteiger partial charge in [-0.15, -0.1) is 0 Å². The van der Waals surface area contributed by atoms with Gasteiger partial charge in [0.2, 0.25) is 15.9 Å². The Bertz CT molecular complexity index is 2220. The molecule has 11 nitrogen and oxygen atoms in total. The molecular formula is C34H33FN8O3S. The first-order valence-corrected chi connectivity index (χ1v) is 17.4. The van der Waals surface area contributed by atoms with Crippen LogP contribution in [0.5, 0.6) is 0 Å². The van der Waals surface area contributed by atoms with Crippen LogP contribution in [0.2, 0.25) is 0 Å². The smallest absolute Gasteiger partial charge is 0.224 e. The van der Waals surface area contributed by atoms with Crippen LogP contribution >= 0.6 is 0 Å². The van der Waals surface area contributed by atoms with Gasteiger partial charge in [-0.05, 0) is 72.4 Å². The van der Waals surface area contributed by atoms with Crippen molar-refractivity contribution in [3.05, 3.63) is 78.6 Å². The Hall–Kier alpha value is -5.01. The number of pyridine rings is 3. The number of nitrogens with one attached hydrogen (secondary N) is 4. The molecule has 47 heavy (non-hydrogen) atoms. The van der Waals surface area contributed by atoms with E-state index in [-0.39, 0.29) is 12.5 Å². The van der Waals surface area contributed by atoms with E-state index < -0.39 is 15.8 Å². The molecule has 1 aromatic carbocycles. The van der Waals surface area contributed by atoms with Crippen LogP contribution in [0.25, 0.3) is 55.7 Å². The molecule has 1 amide bonds. The van der Waals surface area contributed by atoms with Crippen LogP contribution in [0.1, 0.15) is 44.1 Å². The standard InChI is InChI=1S/C34H33FN8O3S/c1-47(45,46)38-15-21-9-22(12-24(35)10-21)27-18-37-19-31-26(27)14-30(40-31)34-33-29(42-43-34)8-7-28(41-33)23-13-25(17-36-16-23)39-32(44)11-20-5-3-2-4-6-20/h7-10,12-14,16-20,38,40H,2-6,11,15H2,1H3,(H,39,44)(H,42,43). The molecule has 6 aromatic rings. The van der Waals surface area contributed by atoms with E-state index in [2.05, 4.69) is 35.2 Å². The molecule has 1 fully saturated rings. The van der Waals surface area contributed by atoms with Gasteiger partial charge in [0.25, 0.3) is 0 Å². The molecule has 13 heteroatoms. The summed E-state index contributed by atoms with van der Waals surface area (Å²) in [5.74, 6) is -0.0439. The predicted octanol–water partition coefficient (Wildman–Crippen LogP) is 6.33. The first-order chi connectivity index (χ1) is 22.7. The first kappa shape index (κ1) is 30.6. The zero-order chi connectivity index (χ0) is 32.5. The number of benzene rings is 1. The number of hydrogen-bond acceptors (Lipinski definition) is 7. The molecule has 240 valence electrons. The van der Waals surface area contributed by atoms with E-state index in [9.17, 15) is 17.6 Å². The van der Waals surface area contributed by atoms with Crippen LogP contribution in [0.3, 0.4) is 0 Å². The van der Waals surface area contributed by atoms with Crippen LogP contribution in [-0.2, 0) is 21.4 Å². The molecule has 1 aliphatic carbocycles. The van der Waals surface area contributed by atoms with Crippen molar-refractivity contribution in [1.82, 2.24) is 34.9 Å². The molecule has 7 rings (SSSR count). The number of anilines is 1. The molecule has 0 bridgehead atoms. The Morgan fingerprint density at radius 2 is 1.79 bits per heavy atom. The fourth-order valence-corrected chi connectivity index (χ4v) is 6.72. The van der Waals surface area contributed by atoms with E-state index in [0.29, 0.717) is 62.8 Å². The second-order valence-corrected chi connectivity index (χ2v) is 14.0. The number of sulfonamides is 1. The minimum absolute atomic E-state index is 0.00379. The van der Waals surface area contributed by atoms with Crippen molar-refractivity contribution in [2.75, 3.05) is 11.6 Å². The first-order valence-electron chi connectivity index (χ1n) is 15.5. The Morgan fingerprint density at radius 3 is 2.62 bits per heavy atom. The van der Waals surface area contributed by atoms with E-state index in [4.69, 9.17) is 4.98 Å². The van der Waals surface area contributed by atoms with Gasteiger partial charge in [0.05, 0.1) is 46.8 Å². The number of nitrogens with zero attached hydrogens (tertiary/aromatic N) is 4. The summed E-state index contributed by atoms with van der Waals surface area (Å²) in [6.45, 7) is -0.0378. The molecule has 0 spiro atoms. The lowest BCUT2D eigenvalue weighted by Crippen LogP contribution is -2.21. The summed E-state index contributed by atoms with van der Waals surface area (Å²) >= 11 is 0. The Morgan fingerprint density at radius 1 is 0.957 bits per heavy atom. The molecule has 0 aliphatic heterocycles. The highest BCUT2D eigenvalue weighted by Gasteiger charge is 2.19. The van der Waals surface area contributed by atoms with Crippen molar-refractivity contribution in [3.63, 3.8) is 0 Å². The third kappa shape index (κ3) is 6.91. The average molecular weight is 653 g/mol. The monoisotopic (exact) mass is 652 g/mol. The van der Waals surface area contributed by atoms with Crippen molar-refractivity contribution >= 4 is 43.6 Å². The summed E-state index contributed by atoms with van der Waals surface area (Å²) in [7, 11) is -3.45. The van der Waals surface area contributed by atoms with Gasteiger partial charge in [-0.2, -0.15) is 5.10 Å². The number of fused-ring (bicyclic) bond motifs is 2. The maximum absolute atomic E-state index is 14.6. The number of amides is 1. The summed E-state index contributed by atoms with van der Waals surface area (Å²) in [4.78, 5) is 29.7. The van der Waals surface area contributed by atoms with Gasteiger partial charge >= 0.3 is 0 Å². The molecule has 0 atom stereocenters. The second kappa shape index (κ2) is 12.6. The molecule has 5 aromatic heterocycles. The number of aromatic amines is 2. The number of carbonyl (C=O) groups is 1. The normalized spacial score (nSPS) is 14.2.